The van der Waals surface area contributed by atoms with Gasteiger partial charge in [-0.2, -0.15) is 0 Å². The Kier molecular flexibility index (Phi) is 3.99. The number of carbonyl (C=O) groups is 1. The summed E-state index contributed by atoms with van der Waals surface area (Å²) in [7, 11) is 1.95. The number of anilines is 1. The second-order valence-electron chi connectivity index (χ2n) is 4.84. The molecule has 1 aliphatic rings. The molecule has 1 atom stereocenters. The molecule has 0 saturated heterocycles. The van der Waals surface area contributed by atoms with Crippen LogP contribution in [-0.4, -0.2) is 32.1 Å². The average molecular weight is 247 g/mol. The molecule has 1 unspecified atom stereocenters. The lowest BCUT2D eigenvalue weighted by Gasteiger charge is -2.24. The van der Waals surface area contributed by atoms with Crippen molar-refractivity contribution in [3.05, 3.63) is 29.3 Å². The Labute approximate surface area is 108 Å². The van der Waals surface area contributed by atoms with E-state index >= 15 is 0 Å². The van der Waals surface area contributed by atoms with E-state index in [9.17, 15) is 4.79 Å². The van der Waals surface area contributed by atoms with Crippen molar-refractivity contribution in [3.8, 4) is 0 Å². The molecule has 1 aromatic carbocycles. The van der Waals surface area contributed by atoms with Gasteiger partial charge in [-0.1, -0.05) is 12.1 Å². The second kappa shape index (κ2) is 5.50. The number of hydrogen-bond donors (Lipinski definition) is 2. The number of fused-ring (bicyclic) bond motifs is 1. The zero-order valence-electron chi connectivity index (χ0n) is 11.1. The molecule has 98 valence electrons. The Hall–Kier alpha value is -1.39. The van der Waals surface area contributed by atoms with Crippen LogP contribution in [0.15, 0.2) is 18.2 Å². The number of rotatable bonds is 5. The third-order valence-electron chi connectivity index (χ3n) is 3.46. The summed E-state index contributed by atoms with van der Waals surface area (Å²) in [6.45, 7) is 3.43. The molecule has 2 rings (SSSR count). The molecule has 1 aromatic rings. The Morgan fingerprint density at radius 2 is 2.28 bits per heavy atom. The number of carbonyl (C=O) groups excluding carboxylic acids is 1. The van der Waals surface area contributed by atoms with Gasteiger partial charge in [-0.25, -0.2) is 0 Å². The molecule has 0 spiro atoms. The number of nitrogens with two attached hydrogens (primary N) is 1. The van der Waals surface area contributed by atoms with E-state index in [0.717, 1.165) is 24.2 Å². The van der Waals surface area contributed by atoms with Crippen LogP contribution in [0.4, 0.5) is 5.69 Å². The highest BCUT2D eigenvalue weighted by atomic mass is 16.2. The van der Waals surface area contributed by atoms with Crippen molar-refractivity contribution in [2.45, 2.75) is 25.8 Å². The minimum atomic E-state index is 0.0712. The first-order chi connectivity index (χ1) is 8.67. The first kappa shape index (κ1) is 13.1. The van der Waals surface area contributed by atoms with Gasteiger partial charge in [0.2, 0.25) is 5.91 Å². The molecule has 1 heterocycles. The molecular formula is C14H21N3O. The Morgan fingerprint density at radius 1 is 1.50 bits per heavy atom. The highest BCUT2D eigenvalue weighted by molar-refractivity contribution is 6.01. The molecule has 1 aliphatic heterocycles. The summed E-state index contributed by atoms with van der Waals surface area (Å²) < 4.78 is 0. The summed E-state index contributed by atoms with van der Waals surface area (Å²) >= 11 is 0. The second-order valence-corrected chi connectivity index (χ2v) is 4.84. The SMILES string of the molecule is CNCCc1ccc2c(c1)CC(=O)N2C(C)CN. The number of hydrogen-bond acceptors (Lipinski definition) is 3. The van der Waals surface area contributed by atoms with Gasteiger partial charge < -0.3 is 16.0 Å². The zero-order chi connectivity index (χ0) is 13.1. The summed E-state index contributed by atoms with van der Waals surface area (Å²) in [6, 6.07) is 6.37. The van der Waals surface area contributed by atoms with Crippen LogP contribution in [0.3, 0.4) is 0 Å². The monoisotopic (exact) mass is 247 g/mol. The van der Waals surface area contributed by atoms with Gasteiger partial charge in [-0.05, 0) is 44.1 Å². The van der Waals surface area contributed by atoms with E-state index in [1.807, 2.05) is 18.9 Å². The molecular weight excluding hydrogens is 226 g/mol. The average Bonchev–Trinajstić information content (AvgIpc) is 2.70. The van der Waals surface area contributed by atoms with Gasteiger partial charge in [-0.3, -0.25) is 4.79 Å². The van der Waals surface area contributed by atoms with Crippen molar-refractivity contribution in [2.75, 3.05) is 25.0 Å². The fourth-order valence-electron chi connectivity index (χ4n) is 2.41. The quantitative estimate of drug-likeness (QED) is 0.804. The fourth-order valence-corrected chi connectivity index (χ4v) is 2.41. The van der Waals surface area contributed by atoms with E-state index < -0.39 is 0 Å². The van der Waals surface area contributed by atoms with Crippen molar-refractivity contribution in [3.63, 3.8) is 0 Å². The normalized spacial score (nSPS) is 15.9. The molecule has 0 radical (unpaired) electrons. The van der Waals surface area contributed by atoms with Gasteiger partial charge in [0, 0.05) is 18.3 Å². The molecule has 0 aromatic heterocycles. The van der Waals surface area contributed by atoms with Crippen LogP contribution >= 0.6 is 0 Å². The van der Waals surface area contributed by atoms with E-state index in [1.54, 1.807) is 0 Å². The summed E-state index contributed by atoms with van der Waals surface area (Å²) in [5, 5.41) is 3.13. The van der Waals surface area contributed by atoms with Crippen LogP contribution in [0.5, 0.6) is 0 Å². The molecule has 0 fully saturated rings. The van der Waals surface area contributed by atoms with Crippen LogP contribution in [-0.2, 0) is 17.6 Å². The first-order valence-electron chi connectivity index (χ1n) is 6.46. The lowest BCUT2D eigenvalue weighted by Crippen LogP contribution is -2.40. The fraction of sp³-hybridized carbons (Fsp3) is 0.500. The molecule has 18 heavy (non-hydrogen) atoms. The predicted molar refractivity (Wildman–Crippen MR) is 73.8 cm³/mol. The lowest BCUT2D eigenvalue weighted by molar-refractivity contribution is -0.117. The zero-order valence-corrected chi connectivity index (χ0v) is 11.1. The standard InChI is InChI=1S/C14H21N3O/c1-10(9-15)17-13-4-3-11(5-6-16-2)7-12(13)8-14(17)18/h3-4,7,10,16H,5-6,8-9,15H2,1-2H3. The highest BCUT2D eigenvalue weighted by Gasteiger charge is 2.30. The smallest absolute Gasteiger partial charge is 0.231 e. The molecule has 1 amide bonds. The number of nitrogens with one attached hydrogen (secondary N) is 1. The van der Waals surface area contributed by atoms with Crippen LogP contribution < -0.4 is 16.0 Å². The molecule has 0 saturated carbocycles. The van der Waals surface area contributed by atoms with E-state index in [-0.39, 0.29) is 11.9 Å². The van der Waals surface area contributed by atoms with Crippen LogP contribution in [0.25, 0.3) is 0 Å². The summed E-state index contributed by atoms with van der Waals surface area (Å²) in [5.41, 5.74) is 9.11. The molecule has 0 bridgehead atoms. The highest BCUT2D eigenvalue weighted by Crippen LogP contribution is 2.31. The maximum atomic E-state index is 12.0. The Bertz CT molecular complexity index is 445. The van der Waals surface area contributed by atoms with Crippen molar-refractivity contribution in [2.24, 2.45) is 5.73 Å². The Morgan fingerprint density at radius 3 is 2.94 bits per heavy atom. The van der Waals surface area contributed by atoms with Crippen molar-refractivity contribution < 1.29 is 4.79 Å². The van der Waals surface area contributed by atoms with E-state index in [2.05, 4.69) is 23.5 Å². The summed E-state index contributed by atoms with van der Waals surface area (Å²) in [4.78, 5) is 13.8. The maximum absolute atomic E-state index is 12.0. The first-order valence-corrected chi connectivity index (χ1v) is 6.46. The van der Waals surface area contributed by atoms with E-state index in [1.165, 1.54) is 5.56 Å². The Balaban J connectivity index is 2.23. The largest absolute Gasteiger partial charge is 0.328 e. The third kappa shape index (κ3) is 2.40. The van der Waals surface area contributed by atoms with Gasteiger partial charge in [0.15, 0.2) is 0 Å². The van der Waals surface area contributed by atoms with E-state index in [4.69, 9.17) is 5.73 Å². The number of benzene rings is 1. The minimum absolute atomic E-state index is 0.0712. The van der Waals surface area contributed by atoms with Gasteiger partial charge >= 0.3 is 0 Å². The minimum Gasteiger partial charge on any atom is -0.328 e. The number of likely N-dealkylation sites (N-methyl/N-ethyl adjacent to an activating group) is 1. The third-order valence-corrected chi connectivity index (χ3v) is 3.46. The van der Waals surface area contributed by atoms with Crippen molar-refractivity contribution >= 4 is 11.6 Å². The van der Waals surface area contributed by atoms with Crippen LogP contribution in [0.2, 0.25) is 0 Å². The topological polar surface area (TPSA) is 58.4 Å². The summed E-state index contributed by atoms with van der Waals surface area (Å²) in [5.74, 6) is 0.161. The molecule has 0 aliphatic carbocycles. The van der Waals surface area contributed by atoms with Crippen molar-refractivity contribution in [1.29, 1.82) is 0 Å². The predicted octanol–water partition coefficient (Wildman–Crippen LogP) is 0.685. The van der Waals surface area contributed by atoms with Gasteiger partial charge in [0.05, 0.1) is 6.42 Å². The van der Waals surface area contributed by atoms with Crippen LogP contribution in [0, 0.1) is 0 Å². The van der Waals surface area contributed by atoms with E-state index in [0.29, 0.717) is 13.0 Å². The summed E-state index contributed by atoms with van der Waals surface area (Å²) in [6.07, 6.45) is 1.50. The molecule has 4 heteroatoms. The van der Waals surface area contributed by atoms with Gasteiger partial charge in [-0.15, -0.1) is 0 Å². The number of amides is 1. The van der Waals surface area contributed by atoms with Gasteiger partial charge in [0.1, 0.15) is 0 Å². The number of nitrogens with zero attached hydrogens (tertiary/aromatic N) is 1. The van der Waals surface area contributed by atoms with Crippen molar-refractivity contribution in [1.82, 2.24) is 5.32 Å². The molecule has 3 N–H and O–H groups in total. The van der Waals surface area contributed by atoms with Gasteiger partial charge in [0.25, 0.3) is 0 Å². The molecule has 4 nitrogen and oxygen atoms in total. The van der Waals surface area contributed by atoms with Crippen LogP contribution in [0.1, 0.15) is 18.1 Å². The maximum Gasteiger partial charge on any atom is 0.231 e. The lowest BCUT2D eigenvalue weighted by atomic mass is 10.1.